The molecule has 3 aromatic rings. The Morgan fingerprint density at radius 1 is 0.844 bits per heavy atom. The molecule has 32 heavy (non-hydrogen) atoms. The maximum Gasteiger partial charge on any atom is 0.247 e. The molecule has 0 radical (unpaired) electrons. The van der Waals surface area contributed by atoms with Crippen molar-refractivity contribution in [2.24, 2.45) is 0 Å². The molecule has 164 valence electrons. The van der Waals surface area contributed by atoms with Gasteiger partial charge in [0.25, 0.3) is 0 Å². The second-order valence-electron chi connectivity index (χ2n) is 8.66. The molecule has 3 aromatic carbocycles. The summed E-state index contributed by atoms with van der Waals surface area (Å²) in [6, 6.07) is 28.8. The molecule has 2 fully saturated rings. The van der Waals surface area contributed by atoms with Crippen LogP contribution in [0, 0.1) is 0 Å². The highest BCUT2D eigenvalue weighted by molar-refractivity contribution is 5.93. The van der Waals surface area contributed by atoms with E-state index in [2.05, 4.69) is 51.5 Å². The monoisotopic (exact) mass is 427 g/mol. The Labute approximate surface area is 189 Å². The summed E-state index contributed by atoms with van der Waals surface area (Å²) in [6.07, 6.45) is 1.68. The van der Waals surface area contributed by atoms with Crippen LogP contribution in [-0.4, -0.2) is 36.1 Å². The number of rotatable bonds is 6. The molecule has 1 spiro atoms. The number of ether oxygens (including phenoxy) is 1. The second-order valence-corrected chi connectivity index (χ2v) is 8.66. The highest BCUT2D eigenvalue weighted by atomic mass is 16.5. The molecule has 2 heterocycles. The summed E-state index contributed by atoms with van der Waals surface area (Å²) in [5, 5.41) is 3.08. The second kappa shape index (κ2) is 9.05. The molecule has 5 nitrogen and oxygen atoms in total. The zero-order valence-corrected chi connectivity index (χ0v) is 18.2. The van der Waals surface area contributed by atoms with E-state index in [0.717, 1.165) is 43.9 Å². The minimum Gasteiger partial charge on any atom is -0.489 e. The Morgan fingerprint density at radius 2 is 1.53 bits per heavy atom. The Morgan fingerprint density at radius 3 is 2.28 bits per heavy atom. The first kappa shape index (κ1) is 20.6. The van der Waals surface area contributed by atoms with E-state index in [-0.39, 0.29) is 5.91 Å². The zero-order chi connectivity index (χ0) is 21.8. The number of anilines is 1. The first-order chi connectivity index (χ1) is 15.7. The third-order valence-corrected chi connectivity index (χ3v) is 6.63. The van der Waals surface area contributed by atoms with Crippen molar-refractivity contribution in [3.63, 3.8) is 0 Å². The van der Waals surface area contributed by atoms with Crippen LogP contribution >= 0.6 is 0 Å². The zero-order valence-electron chi connectivity index (χ0n) is 18.2. The number of piperidine rings is 1. The molecule has 0 atom stereocenters. The summed E-state index contributed by atoms with van der Waals surface area (Å²) in [4.78, 5) is 17.6. The van der Waals surface area contributed by atoms with Crippen LogP contribution in [0.3, 0.4) is 0 Å². The number of hydrogen-bond acceptors (Lipinski definition) is 4. The van der Waals surface area contributed by atoms with Gasteiger partial charge in [0.2, 0.25) is 5.91 Å². The van der Waals surface area contributed by atoms with Crippen LogP contribution in [0.25, 0.3) is 0 Å². The van der Waals surface area contributed by atoms with Gasteiger partial charge in [0, 0.05) is 25.3 Å². The minimum absolute atomic E-state index is 0.168. The summed E-state index contributed by atoms with van der Waals surface area (Å²) < 4.78 is 5.90. The lowest BCUT2D eigenvalue weighted by Crippen LogP contribution is -2.56. The standard InChI is InChI=1S/C27H29N3O2/c31-26-27(30(21-28-26)24-10-3-1-4-11-24)14-16-29(17-15-27)19-22-8-7-9-23(18-22)20-32-25-12-5-2-6-13-25/h1-13,18H,14-17,19-21H2,(H,28,31). The lowest BCUT2D eigenvalue weighted by atomic mass is 9.85. The molecule has 5 rings (SSSR count). The van der Waals surface area contributed by atoms with Gasteiger partial charge in [-0.15, -0.1) is 0 Å². The molecule has 2 aliphatic heterocycles. The van der Waals surface area contributed by atoms with E-state index < -0.39 is 5.54 Å². The molecule has 0 saturated carbocycles. The molecule has 1 amide bonds. The average Bonchev–Trinajstić information content (AvgIpc) is 3.16. The molecule has 5 heteroatoms. The topological polar surface area (TPSA) is 44.8 Å². The normalized spacial score (nSPS) is 18.0. The predicted molar refractivity (Wildman–Crippen MR) is 126 cm³/mol. The average molecular weight is 428 g/mol. The summed E-state index contributed by atoms with van der Waals surface area (Å²) >= 11 is 0. The van der Waals surface area contributed by atoms with E-state index in [9.17, 15) is 4.79 Å². The fraction of sp³-hybridized carbons (Fsp3) is 0.296. The van der Waals surface area contributed by atoms with E-state index >= 15 is 0 Å². The number of benzene rings is 3. The van der Waals surface area contributed by atoms with Crippen molar-refractivity contribution in [3.05, 3.63) is 96.1 Å². The van der Waals surface area contributed by atoms with Crippen molar-refractivity contribution in [1.82, 2.24) is 10.2 Å². The molecule has 0 aromatic heterocycles. The van der Waals surface area contributed by atoms with Gasteiger partial charge in [0.15, 0.2) is 0 Å². The molecular weight excluding hydrogens is 398 g/mol. The molecule has 0 unspecified atom stereocenters. The van der Waals surface area contributed by atoms with E-state index in [0.29, 0.717) is 13.3 Å². The smallest absolute Gasteiger partial charge is 0.247 e. The highest BCUT2D eigenvalue weighted by Crippen LogP contribution is 2.36. The minimum atomic E-state index is -0.427. The Hall–Kier alpha value is -3.31. The van der Waals surface area contributed by atoms with Crippen molar-refractivity contribution in [3.8, 4) is 5.75 Å². The van der Waals surface area contributed by atoms with Crippen molar-refractivity contribution < 1.29 is 9.53 Å². The number of carbonyl (C=O) groups excluding carboxylic acids is 1. The van der Waals surface area contributed by atoms with Crippen LogP contribution in [0.4, 0.5) is 5.69 Å². The quantitative estimate of drug-likeness (QED) is 0.641. The summed E-state index contributed by atoms with van der Waals surface area (Å²) in [7, 11) is 0. The first-order valence-corrected chi connectivity index (χ1v) is 11.3. The first-order valence-electron chi connectivity index (χ1n) is 11.3. The van der Waals surface area contributed by atoms with Crippen molar-refractivity contribution in [2.45, 2.75) is 31.5 Å². The van der Waals surface area contributed by atoms with E-state index in [1.165, 1.54) is 11.1 Å². The van der Waals surface area contributed by atoms with Crippen molar-refractivity contribution in [2.75, 3.05) is 24.7 Å². The lowest BCUT2D eigenvalue weighted by Gasteiger charge is -2.43. The highest BCUT2D eigenvalue weighted by Gasteiger charge is 2.50. The molecular formula is C27H29N3O2. The SMILES string of the molecule is O=C1NCN(c2ccccc2)C12CCN(Cc1cccc(COc3ccccc3)c1)CC2. The third-order valence-electron chi connectivity index (χ3n) is 6.63. The number of nitrogens with zero attached hydrogens (tertiary/aromatic N) is 2. The van der Waals surface area contributed by atoms with E-state index in [1.807, 2.05) is 48.5 Å². The predicted octanol–water partition coefficient (Wildman–Crippen LogP) is 4.19. The number of hydrogen-bond donors (Lipinski definition) is 1. The van der Waals surface area contributed by atoms with E-state index in [1.54, 1.807) is 0 Å². The molecule has 2 aliphatic rings. The maximum absolute atomic E-state index is 12.8. The Balaban J connectivity index is 1.21. The van der Waals surface area contributed by atoms with Crippen LogP contribution in [0.5, 0.6) is 5.75 Å². The Kier molecular flexibility index (Phi) is 5.82. The van der Waals surface area contributed by atoms with Gasteiger partial charge in [-0.1, -0.05) is 60.7 Å². The van der Waals surface area contributed by atoms with Crippen LogP contribution < -0.4 is 15.0 Å². The van der Waals surface area contributed by atoms with Gasteiger partial charge in [0.05, 0.1) is 6.67 Å². The molecule has 0 aliphatic carbocycles. The number of carbonyl (C=O) groups is 1. The van der Waals surface area contributed by atoms with Gasteiger partial charge >= 0.3 is 0 Å². The van der Waals surface area contributed by atoms with Crippen LogP contribution in [0.2, 0.25) is 0 Å². The van der Waals surface area contributed by atoms with Gasteiger partial charge in [-0.3, -0.25) is 9.69 Å². The molecule has 0 bridgehead atoms. The van der Waals surface area contributed by atoms with Gasteiger partial charge in [0.1, 0.15) is 17.9 Å². The van der Waals surface area contributed by atoms with Gasteiger partial charge in [-0.2, -0.15) is 0 Å². The van der Waals surface area contributed by atoms with E-state index in [4.69, 9.17) is 4.74 Å². The number of nitrogens with one attached hydrogen (secondary N) is 1. The molecule has 1 N–H and O–H groups in total. The van der Waals surface area contributed by atoms with Crippen LogP contribution in [-0.2, 0) is 17.9 Å². The van der Waals surface area contributed by atoms with Crippen molar-refractivity contribution in [1.29, 1.82) is 0 Å². The van der Waals surface area contributed by atoms with Crippen LogP contribution in [0.15, 0.2) is 84.9 Å². The summed E-state index contributed by atoms with van der Waals surface area (Å²) in [5.74, 6) is 1.05. The summed E-state index contributed by atoms with van der Waals surface area (Å²) in [6.45, 7) is 3.85. The summed E-state index contributed by atoms with van der Waals surface area (Å²) in [5.41, 5.74) is 3.14. The Bertz CT molecular complexity index is 1050. The van der Waals surface area contributed by atoms with Gasteiger partial charge in [-0.05, 0) is 48.2 Å². The fourth-order valence-corrected chi connectivity index (χ4v) is 4.87. The number of amides is 1. The van der Waals surface area contributed by atoms with Gasteiger partial charge < -0.3 is 15.0 Å². The van der Waals surface area contributed by atoms with Crippen molar-refractivity contribution >= 4 is 11.6 Å². The number of para-hydroxylation sites is 2. The maximum atomic E-state index is 12.8. The number of likely N-dealkylation sites (tertiary alicyclic amines) is 1. The molecule has 2 saturated heterocycles. The van der Waals surface area contributed by atoms with Crippen LogP contribution in [0.1, 0.15) is 24.0 Å². The largest absolute Gasteiger partial charge is 0.489 e. The van der Waals surface area contributed by atoms with Gasteiger partial charge in [-0.25, -0.2) is 0 Å². The third kappa shape index (κ3) is 4.21. The lowest BCUT2D eigenvalue weighted by molar-refractivity contribution is -0.125. The fourth-order valence-electron chi connectivity index (χ4n) is 4.87.